The van der Waals surface area contributed by atoms with Crippen LogP contribution in [-0.2, 0) is 27.8 Å². The van der Waals surface area contributed by atoms with Gasteiger partial charge in [0, 0.05) is 25.3 Å². The fourth-order valence-corrected chi connectivity index (χ4v) is 5.46. The van der Waals surface area contributed by atoms with Crippen molar-refractivity contribution in [3.05, 3.63) is 48.0 Å². The van der Waals surface area contributed by atoms with Crippen molar-refractivity contribution >= 4 is 32.7 Å². The first-order valence-corrected chi connectivity index (χ1v) is 11.6. The number of aromatic nitrogens is 3. The van der Waals surface area contributed by atoms with E-state index in [0.29, 0.717) is 19.6 Å². The van der Waals surface area contributed by atoms with E-state index in [0.717, 1.165) is 35.1 Å². The van der Waals surface area contributed by atoms with E-state index in [1.807, 2.05) is 38.1 Å². The highest BCUT2D eigenvalue weighted by Crippen LogP contribution is 2.30. The normalized spacial score (nSPS) is 14.3. The van der Waals surface area contributed by atoms with Crippen LogP contribution >= 0.6 is 0 Å². The first kappa shape index (κ1) is 20.5. The number of para-hydroxylation sites is 1. The summed E-state index contributed by atoms with van der Waals surface area (Å²) in [5.41, 5.74) is 3.21. The number of carbonyl (C=O) groups is 1. The molecule has 2 aromatic carbocycles. The van der Waals surface area contributed by atoms with Crippen LogP contribution in [-0.4, -0.2) is 53.3 Å². The van der Waals surface area contributed by atoms with Crippen molar-refractivity contribution in [2.45, 2.75) is 38.1 Å². The number of fused-ring (bicyclic) bond motifs is 2. The van der Waals surface area contributed by atoms with Crippen molar-refractivity contribution in [3.8, 4) is 0 Å². The Morgan fingerprint density at radius 2 is 1.90 bits per heavy atom. The molecular formula is C21H25N5O3S. The Morgan fingerprint density at radius 3 is 2.67 bits per heavy atom. The lowest BCUT2D eigenvalue weighted by atomic mass is 10.0. The molecule has 30 heavy (non-hydrogen) atoms. The SMILES string of the molecule is CCN(CC)S(=O)(=O)c1ccc2c(c1)CCCN2C(=O)Cn1nnc2ccccc21. The van der Waals surface area contributed by atoms with Gasteiger partial charge in [-0.05, 0) is 48.7 Å². The van der Waals surface area contributed by atoms with Gasteiger partial charge < -0.3 is 4.90 Å². The molecule has 4 rings (SSSR count). The van der Waals surface area contributed by atoms with E-state index in [1.54, 1.807) is 27.8 Å². The van der Waals surface area contributed by atoms with Crippen molar-refractivity contribution in [2.75, 3.05) is 24.5 Å². The third-order valence-electron chi connectivity index (χ3n) is 5.52. The van der Waals surface area contributed by atoms with Gasteiger partial charge in [0.25, 0.3) is 0 Å². The number of benzene rings is 2. The fourth-order valence-electron chi connectivity index (χ4n) is 3.95. The van der Waals surface area contributed by atoms with Gasteiger partial charge in [0.2, 0.25) is 15.9 Å². The minimum absolute atomic E-state index is 0.0828. The predicted octanol–water partition coefficient (Wildman–Crippen LogP) is 2.44. The minimum atomic E-state index is -3.53. The number of sulfonamides is 1. The van der Waals surface area contributed by atoms with Crippen LogP contribution in [0.5, 0.6) is 0 Å². The number of rotatable bonds is 6. The molecule has 0 unspecified atom stereocenters. The molecule has 1 aliphatic rings. The summed E-state index contributed by atoms with van der Waals surface area (Å²) in [6.07, 6.45) is 1.53. The zero-order valence-electron chi connectivity index (χ0n) is 17.2. The molecule has 0 saturated carbocycles. The molecule has 0 aliphatic carbocycles. The van der Waals surface area contributed by atoms with Gasteiger partial charge >= 0.3 is 0 Å². The van der Waals surface area contributed by atoms with E-state index in [4.69, 9.17) is 0 Å². The zero-order valence-corrected chi connectivity index (χ0v) is 18.0. The lowest BCUT2D eigenvalue weighted by Crippen LogP contribution is -2.38. The number of hydrogen-bond donors (Lipinski definition) is 0. The molecule has 8 nitrogen and oxygen atoms in total. The number of anilines is 1. The number of aryl methyl sites for hydroxylation is 1. The van der Waals surface area contributed by atoms with Gasteiger partial charge in [-0.1, -0.05) is 31.2 Å². The second kappa shape index (κ2) is 8.16. The summed E-state index contributed by atoms with van der Waals surface area (Å²) in [4.78, 5) is 15.1. The maximum absolute atomic E-state index is 13.1. The summed E-state index contributed by atoms with van der Waals surface area (Å²) in [7, 11) is -3.53. The molecule has 2 heterocycles. The standard InChI is InChI=1S/C21H25N5O3S/c1-3-24(4-2)30(28,29)17-11-12-19-16(14-17)8-7-13-25(19)21(27)15-26-20-10-6-5-9-18(20)22-23-26/h5-6,9-12,14H,3-4,7-8,13,15H2,1-2H3. The molecular weight excluding hydrogens is 402 g/mol. The Labute approximate surface area is 176 Å². The fraction of sp³-hybridized carbons (Fsp3) is 0.381. The third kappa shape index (κ3) is 3.59. The molecule has 0 N–H and O–H groups in total. The summed E-state index contributed by atoms with van der Waals surface area (Å²) in [5.74, 6) is -0.0917. The first-order chi connectivity index (χ1) is 14.5. The van der Waals surface area contributed by atoms with Gasteiger partial charge in [0.15, 0.2) is 0 Å². The van der Waals surface area contributed by atoms with Crippen molar-refractivity contribution in [1.82, 2.24) is 19.3 Å². The molecule has 158 valence electrons. The van der Waals surface area contributed by atoms with E-state index < -0.39 is 10.0 Å². The average molecular weight is 428 g/mol. The molecule has 0 atom stereocenters. The topological polar surface area (TPSA) is 88.4 Å². The molecule has 0 bridgehead atoms. The molecule has 1 amide bonds. The minimum Gasteiger partial charge on any atom is -0.311 e. The first-order valence-electron chi connectivity index (χ1n) is 10.2. The van der Waals surface area contributed by atoms with Gasteiger partial charge in [0.05, 0.1) is 10.4 Å². The van der Waals surface area contributed by atoms with Crippen LogP contribution in [0.3, 0.4) is 0 Å². The molecule has 0 saturated heterocycles. The number of carbonyl (C=O) groups excluding carboxylic acids is 1. The van der Waals surface area contributed by atoms with Gasteiger partial charge in [-0.2, -0.15) is 4.31 Å². The quantitative estimate of drug-likeness (QED) is 0.603. The lowest BCUT2D eigenvalue weighted by Gasteiger charge is -2.30. The van der Waals surface area contributed by atoms with Crippen LogP contribution in [0.2, 0.25) is 0 Å². The summed E-state index contributed by atoms with van der Waals surface area (Å²) in [6, 6.07) is 12.6. The van der Waals surface area contributed by atoms with Crippen molar-refractivity contribution in [2.24, 2.45) is 0 Å². The molecule has 0 radical (unpaired) electrons. The van der Waals surface area contributed by atoms with Gasteiger partial charge in [-0.25, -0.2) is 13.1 Å². The van der Waals surface area contributed by atoms with Crippen LogP contribution in [0.4, 0.5) is 5.69 Å². The third-order valence-corrected chi connectivity index (χ3v) is 7.56. The predicted molar refractivity (Wildman–Crippen MR) is 115 cm³/mol. The molecule has 3 aromatic rings. The second-order valence-corrected chi connectivity index (χ2v) is 9.20. The molecule has 9 heteroatoms. The smallest absolute Gasteiger partial charge is 0.248 e. The van der Waals surface area contributed by atoms with E-state index in [1.165, 1.54) is 4.31 Å². The summed E-state index contributed by atoms with van der Waals surface area (Å²) >= 11 is 0. The summed E-state index contributed by atoms with van der Waals surface area (Å²) < 4.78 is 28.8. The van der Waals surface area contributed by atoms with Gasteiger partial charge in [-0.3, -0.25) is 4.79 Å². The summed E-state index contributed by atoms with van der Waals surface area (Å²) in [5, 5.41) is 8.21. The Kier molecular flexibility index (Phi) is 5.57. The molecule has 0 spiro atoms. The molecule has 1 aliphatic heterocycles. The van der Waals surface area contributed by atoms with Gasteiger partial charge in [-0.15, -0.1) is 5.10 Å². The Morgan fingerprint density at radius 1 is 1.13 bits per heavy atom. The maximum atomic E-state index is 13.1. The van der Waals surface area contributed by atoms with Crippen molar-refractivity contribution in [3.63, 3.8) is 0 Å². The zero-order chi connectivity index (χ0) is 21.3. The largest absolute Gasteiger partial charge is 0.311 e. The van der Waals surface area contributed by atoms with Gasteiger partial charge in [0.1, 0.15) is 12.1 Å². The van der Waals surface area contributed by atoms with Crippen LogP contribution in [0.1, 0.15) is 25.8 Å². The summed E-state index contributed by atoms with van der Waals surface area (Å²) in [6.45, 7) is 5.18. The number of nitrogens with zero attached hydrogens (tertiary/aromatic N) is 5. The Balaban J connectivity index is 1.62. The van der Waals surface area contributed by atoms with Crippen LogP contribution in [0, 0.1) is 0 Å². The lowest BCUT2D eigenvalue weighted by molar-refractivity contribution is -0.119. The number of hydrogen-bond acceptors (Lipinski definition) is 5. The van der Waals surface area contributed by atoms with Crippen molar-refractivity contribution in [1.29, 1.82) is 0 Å². The highest BCUT2D eigenvalue weighted by Gasteiger charge is 2.27. The highest BCUT2D eigenvalue weighted by atomic mass is 32.2. The average Bonchev–Trinajstić information content (AvgIpc) is 3.16. The highest BCUT2D eigenvalue weighted by molar-refractivity contribution is 7.89. The van der Waals surface area contributed by atoms with Crippen LogP contribution in [0.15, 0.2) is 47.4 Å². The van der Waals surface area contributed by atoms with E-state index in [-0.39, 0.29) is 17.3 Å². The number of amides is 1. The van der Waals surface area contributed by atoms with Crippen LogP contribution < -0.4 is 4.90 Å². The van der Waals surface area contributed by atoms with E-state index >= 15 is 0 Å². The maximum Gasteiger partial charge on any atom is 0.248 e. The monoisotopic (exact) mass is 427 g/mol. The second-order valence-electron chi connectivity index (χ2n) is 7.26. The van der Waals surface area contributed by atoms with Crippen LogP contribution in [0.25, 0.3) is 11.0 Å². The van der Waals surface area contributed by atoms with E-state index in [2.05, 4.69) is 10.3 Å². The molecule has 0 fully saturated rings. The van der Waals surface area contributed by atoms with E-state index in [9.17, 15) is 13.2 Å². The Hall–Kier alpha value is -2.78. The van der Waals surface area contributed by atoms with Crippen molar-refractivity contribution < 1.29 is 13.2 Å². The Bertz CT molecular complexity index is 1180. The molecule has 1 aromatic heterocycles.